The fraction of sp³-hybridized carbons (Fsp3) is 0.556. The van der Waals surface area contributed by atoms with Gasteiger partial charge in [0.25, 0.3) is 0 Å². The van der Waals surface area contributed by atoms with E-state index in [4.69, 9.17) is 5.73 Å². The van der Waals surface area contributed by atoms with Crippen molar-refractivity contribution < 1.29 is 19.2 Å². The molecule has 16 heavy (non-hydrogen) atoms. The van der Waals surface area contributed by atoms with Gasteiger partial charge in [-0.25, -0.2) is 4.79 Å². The minimum Gasteiger partial charge on any atom is -0.368 e. The third-order valence-electron chi connectivity index (χ3n) is 2.56. The molecule has 0 bridgehead atoms. The van der Waals surface area contributed by atoms with E-state index in [2.05, 4.69) is 0 Å². The van der Waals surface area contributed by atoms with Crippen LogP contribution in [0.3, 0.4) is 0 Å². The van der Waals surface area contributed by atoms with Crippen LogP contribution in [0, 0.1) is 5.41 Å². The Labute approximate surface area is 91.9 Å². The number of imide groups is 2. The first-order chi connectivity index (χ1) is 7.19. The van der Waals surface area contributed by atoms with Crippen molar-refractivity contribution in [1.82, 2.24) is 10.2 Å². The van der Waals surface area contributed by atoms with Crippen LogP contribution in [0.5, 0.6) is 0 Å². The number of barbiturate groups is 1. The lowest BCUT2D eigenvalue weighted by atomic mass is 9.88. The lowest BCUT2D eigenvalue weighted by Crippen LogP contribution is -2.65. The molecule has 1 aliphatic heterocycles. The van der Waals surface area contributed by atoms with Crippen LogP contribution in [0.25, 0.3) is 0 Å². The van der Waals surface area contributed by atoms with E-state index in [9.17, 15) is 19.2 Å². The van der Waals surface area contributed by atoms with Gasteiger partial charge in [-0.2, -0.15) is 0 Å². The highest BCUT2D eigenvalue weighted by molar-refractivity contribution is 6.19. The molecule has 1 rings (SSSR count). The summed E-state index contributed by atoms with van der Waals surface area (Å²) in [6.07, 6.45) is 0. The number of urea groups is 1. The molecule has 1 heterocycles. The van der Waals surface area contributed by atoms with Crippen LogP contribution in [0.2, 0.25) is 0 Å². The largest absolute Gasteiger partial charge is 0.368 e. The van der Waals surface area contributed by atoms with Gasteiger partial charge in [-0.05, 0) is 20.8 Å². The van der Waals surface area contributed by atoms with E-state index in [0.29, 0.717) is 4.90 Å². The summed E-state index contributed by atoms with van der Waals surface area (Å²) >= 11 is 0. The lowest BCUT2D eigenvalue weighted by Gasteiger charge is -2.36. The number of hydrogen-bond acceptors (Lipinski definition) is 4. The summed E-state index contributed by atoms with van der Waals surface area (Å²) in [7, 11) is 0. The first kappa shape index (κ1) is 12.2. The summed E-state index contributed by atoms with van der Waals surface area (Å²) in [5.74, 6) is -2.23. The Morgan fingerprint density at radius 1 is 1.38 bits per heavy atom. The summed E-state index contributed by atoms with van der Waals surface area (Å²) in [5.41, 5.74) is 3.64. The molecule has 0 saturated carbocycles. The number of nitrogens with two attached hydrogens (primary N) is 1. The second-order valence-corrected chi connectivity index (χ2v) is 4.14. The monoisotopic (exact) mass is 227 g/mol. The van der Waals surface area contributed by atoms with Gasteiger partial charge < -0.3 is 5.73 Å². The Kier molecular flexibility index (Phi) is 2.72. The van der Waals surface area contributed by atoms with Crippen molar-refractivity contribution in [2.45, 2.75) is 26.8 Å². The summed E-state index contributed by atoms with van der Waals surface area (Å²) in [5, 5.41) is 2.01. The van der Waals surface area contributed by atoms with Crippen LogP contribution in [-0.4, -0.2) is 34.7 Å². The first-order valence-corrected chi connectivity index (χ1v) is 4.68. The molecule has 1 aliphatic rings. The molecule has 88 valence electrons. The zero-order valence-corrected chi connectivity index (χ0v) is 9.23. The predicted octanol–water partition coefficient (Wildman–Crippen LogP) is -1.04. The van der Waals surface area contributed by atoms with E-state index in [1.54, 1.807) is 0 Å². The summed E-state index contributed by atoms with van der Waals surface area (Å²) in [4.78, 5) is 46.3. The minimum absolute atomic E-state index is 0.670. The molecule has 3 N–H and O–H groups in total. The Balaban J connectivity index is 3.11. The van der Waals surface area contributed by atoms with Crippen molar-refractivity contribution in [2.24, 2.45) is 11.1 Å². The molecule has 1 atom stereocenters. The van der Waals surface area contributed by atoms with Crippen LogP contribution in [0.15, 0.2) is 0 Å². The first-order valence-electron chi connectivity index (χ1n) is 4.68. The van der Waals surface area contributed by atoms with E-state index in [0.717, 1.165) is 0 Å². The SMILES string of the molecule is CC(C(N)=O)N1C(=O)NC(=O)C(C)(C)C1=O. The normalized spacial score (nSPS) is 21.7. The molecular formula is C9H13N3O4. The Morgan fingerprint density at radius 2 is 1.88 bits per heavy atom. The van der Waals surface area contributed by atoms with Gasteiger partial charge in [-0.3, -0.25) is 24.6 Å². The Hall–Kier alpha value is -1.92. The van der Waals surface area contributed by atoms with Crippen molar-refractivity contribution >= 4 is 23.8 Å². The highest BCUT2D eigenvalue weighted by Gasteiger charge is 2.49. The second-order valence-electron chi connectivity index (χ2n) is 4.14. The summed E-state index contributed by atoms with van der Waals surface area (Å²) < 4.78 is 0. The zero-order valence-electron chi connectivity index (χ0n) is 9.23. The number of nitrogens with zero attached hydrogens (tertiary/aromatic N) is 1. The van der Waals surface area contributed by atoms with Gasteiger partial charge in [0.2, 0.25) is 17.7 Å². The molecule has 7 nitrogen and oxygen atoms in total. The molecule has 0 aromatic rings. The fourth-order valence-electron chi connectivity index (χ4n) is 1.28. The van der Waals surface area contributed by atoms with Crippen molar-refractivity contribution in [3.05, 3.63) is 0 Å². The van der Waals surface area contributed by atoms with Gasteiger partial charge in [-0.15, -0.1) is 0 Å². The van der Waals surface area contributed by atoms with Gasteiger partial charge in [0.1, 0.15) is 11.5 Å². The third-order valence-corrected chi connectivity index (χ3v) is 2.56. The van der Waals surface area contributed by atoms with Crippen LogP contribution in [0.1, 0.15) is 20.8 Å². The fourth-order valence-corrected chi connectivity index (χ4v) is 1.28. The molecule has 0 spiro atoms. The number of amides is 5. The van der Waals surface area contributed by atoms with E-state index < -0.39 is 35.2 Å². The maximum atomic E-state index is 11.9. The third kappa shape index (κ3) is 1.64. The summed E-state index contributed by atoms with van der Waals surface area (Å²) in [6.45, 7) is 4.07. The number of rotatable bonds is 2. The molecule has 0 aromatic heterocycles. The van der Waals surface area contributed by atoms with Gasteiger partial charge in [0.15, 0.2) is 0 Å². The van der Waals surface area contributed by atoms with Crippen molar-refractivity contribution in [1.29, 1.82) is 0 Å². The second kappa shape index (κ2) is 3.58. The molecule has 0 radical (unpaired) electrons. The van der Waals surface area contributed by atoms with Crippen molar-refractivity contribution in [3.63, 3.8) is 0 Å². The van der Waals surface area contributed by atoms with E-state index >= 15 is 0 Å². The molecule has 1 unspecified atom stereocenters. The summed E-state index contributed by atoms with van der Waals surface area (Å²) in [6, 6.07) is -2.00. The molecule has 0 aliphatic carbocycles. The molecule has 1 saturated heterocycles. The average Bonchev–Trinajstić information content (AvgIpc) is 2.15. The topological polar surface area (TPSA) is 110 Å². The Bertz CT molecular complexity index is 388. The molecule has 0 aromatic carbocycles. The van der Waals surface area contributed by atoms with Gasteiger partial charge in [0, 0.05) is 0 Å². The average molecular weight is 227 g/mol. The quantitative estimate of drug-likeness (QED) is 0.587. The molecule has 7 heteroatoms. The number of carbonyl (C=O) groups is 4. The highest BCUT2D eigenvalue weighted by atomic mass is 16.2. The van der Waals surface area contributed by atoms with Crippen LogP contribution in [0.4, 0.5) is 4.79 Å². The standard InChI is InChI=1S/C9H13N3O4/c1-4(5(10)13)12-7(15)9(2,3)6(14)11-8(12)16/h4H,1-3H3,(H2,10,13)(H,11,14,16). The number of carbonyl (C=O) groups excluding carboxylic acids is 4. The van der Waals surface area contributed by atoms with Crippen LogP contribution < -0.4 is 11.1 Å². The molecule has 1 fully saturated rings. The number of nitrogens with one attached hydrogen (secondary N) is 1. The van der Waals surface area contributed by atoms with E-state index in [-0.39, 0.29) is 0 Å². The minimum atomic E-state index is -1.38. The van der Waals surface area contributed by atoms with Gasteiger partial charge in [0.05, 0.1) is 0 Å². The molecule has 5 amide bonds. The van der Waals surface area contributed by atoms with Crippen molar-refractivity contribution in [2.75, 3.05) is 0 Å². The molecular weight excluding hydrogens is 214 g/mol. The van der Waals surface area contributed by atoms with Gasteiger partial charge >= 0.3 is 6.03 Å². The lowest BCUT2D eigenvalue weighted by molar-refractivity contribution is -0.152. The number of hydrogen-bond donors (Lipinski definition) is 2. The maximum Gasteiger partial charge on any atom is 0.331 e. The van der Waals surface area contributed by atoms with E-state index in [1.165, 1.54) is 20.8 Å². The van der Waals surface area contributed by atoms with Crippen LogP contribution >= 0.6 is 0 Å². The van der Waals surface area contributed by atoms with E-state index in [1.807, 2.05) is 5.32 Å². The van der Waals surface area contributed by atoms with Gasteiger partial charge in [-0.1, -0.05) is 0 Å². The van der Waals surface area contributed by atoms with Crippen molar-refractivity contribution in [3.8, 4) is 0 Å². The zero-order chi connectivity index (χ0) is 12.7. The van der Waals surface area contributed by atoms with Crippen LogP contribution in [-0.2, 0) is 14.4 Å². The Morgan fingerprint density at radius 3 is 2.31 bits per heavy atom. The smallest absolute Gasteiger partial charge is 0.331 e. The number of primary amides is 1. The highest BCUT2D eigenvalue weighted by Crippen LogP contribution is 2.24. The predicted molar refractivity (Wildman–Crippen MR) is 52.8 cm³/mol. The maximum absolute atomic E-state index is 11.9.